The summed E-state index contributed by atoms with van der Waals surface area (Å²) in [5, 5.41) is 0. The van der Waals surface area contributed by atoms with Gasteiger partial charge in [0.05, 0.1) is 22.0 Å². The minimum Gasteiger partial charge on any atom is -0.278 e. The molecule has 0 radical (unpaired) electrons. The molecule has 7 nitrogen and oxygen atoms in total. The number of aryl methyl sites for hydroxylation is 1. The topological polar surface area (TPSA) is 101 Å². The van der Waals surface area contributed by atoms with E-state index in [0.717, 1.165) is 4.31 Å². The highest BCUT2D eigenvalue weighted by molar-refractivity contribution is 9.10. The van der Waals surface area contributed by atoms with Crippen LogP contribution in [-0.4, -0.2) is 28.5 Å². The second-order valence-electron chi connectivity index (χ2n) is 5.76. The first kappa shape index (κ1) is 18.9. The summed E-state index contributed by atoms with van der Waals surface area (Å²) in [4.78, 5) is 11.9. The van der Waals surface area contributed by atoms with Crippen LogP contribution in [0, 0.1) is 6.92 Å². The number of nitrogens with zero attached hydrogens (tertiary/aromatic N) is 1. The number of halogens is 1. The predicted molar refractivity (Wildman–Crippen MR) is 102 cm³/mol. The molecule has 2 aromatic rings. The van der Waals surface area contributed by atoms with Gasteiger partial charge in [-0.05, 0) is 58.7 Å². The van der Waals surface area contributed by atoms with Gasteiger partial charge in [-0.25, -0.2) is 21.1 Å². The van der Waals surface area contributed by atoms with Crippen molar-refractivity contribution in [2.75, 3.05) is 14.8 Å². The molecule has 0 bridgehead atoms. The molecule has 138 valence electrons. The molecule has 1 amide bonds. The molecule has 0 spiro atoms. The molecule has 0 aliphatic carbocycles. The summed E-state index contributed by atoms with van der Waals surface area (Å²) >= 11 is 3.28. The molecule has 10 heteroatoms. The zero-order valence-corrected chi connectivity index (χ0v) is 16.9. The highest BCUT2D eigenvalue weighted by atomic mass is 79.9. The molecule has 3 rings (SSSR count). The summed E-state index contributed by atoms with van der Waals surface area (Å²) in [6.07, 6.45) is -0.0784. The lowest BCUT2D eigenvalue weighted by molar-refractivity contribution is -0.116. The lowest BCUT2D eigenvalue weighted by Crippen LogP contribution is -2.29. The highest BCUT2D eigenvalue weighted by Gasteiger charge is 2.36. The fourth-order valence-corrected chi connectivity index (χ4v) is 5.95. The van der Waals surface area contributed by atoms with Crippen LogP contribution in [0.1, 0.15) is 12.0 Å². The number of hydrogen-bond donors (Lipinski definition) is 1. The van der Waals surface area contributed by atoms with Gasteiger partial charge in [0.15, 0.2) is 0 Å². The molecule has 1 saturated heterocycles. The van der Waals surface area contributed by atoms with E-state index in [2.05, 4.69) is 20.7 Å². The maximum Gasteiger partial charge on any atom is 0.262 e. The predicted octanol–water partition coefficient (Wildman–Crippen LogP) is 2.62. The van der Waals surface area contributed by atoms with E-state index in [1.165, 1.54) is 18.2 Å². The smallest absolute Gasteiger partial charge is 0.262 e. The van der Waals surface area contributed by atoms with Gasteiger partial charge in [0.1, 0.15) is 0 Å². The van der Waals surface area contributed by atoms with Crippen LogP contribution >= 0.6 is 15.9 Å². The summed E-state index contributed by atoms with van der Waals surface area (Å²) < 4.78 is 53.2. The van der Waals surface area contributed by atoms with Gasteiger partial charge in [-0.3, -0.25) is 9.52 Å². The van der Waals surface area contributed by atoms with Gasteiger partial charge in [0, 0.05) is 10.9 Å². The lowest BCUT2D eigenvalue weighted by atomic mass is 10.2. The third-order valence-electron chi connectivity index (χ3n) is 3.88. The Kier molecular flexibility index (Phi) is 4.84. The standard InChI is InChI=1S/C16H15BrN2O5S2/c1-11-10-12(19-16(20)8-9-25(19,21)22)6-7-15(11)26(23,24)18-14-5-3-2-4-13(14)17/h2-7,10,18H,8-9H2,1H3. The first-order chi connectivity index (χ1) is 12.1. The number of benzene rings is 2. The third-order valence-corrected chi connectivity index (χ3v) is 7.79. The van der Waals surface area contributed by atoms with Gasteiger partial charge in [0.25, 0.3) is 10.0 Å². The maximum absolute atomic E-state index is 12.7. The SMILES string of the molecule is Cc1cc(N2C(=O)CCS2(=O)=O)ccc1S(=O)(=O)Nc1ccccc1Br. The van der Waals surface area contributed by atoms with Crippen LogP contribution in [0.3, 0.4) is 0 Å². The second kappa shape index (κ2) is 6.67. The van der Waals surface area contributed by atoms with Crippen molar-refractivity contribution in [3.63, 3.8) is 0 Å². The first-order valence-electron chi connectivity index (χ1n) is 7.56. The molecule has 26 heavy (non-hydrogen) atoms. The van der Waals surface area contributed by atoms with E-state index in [4.69, 9.17) is 0 Å². The fraction of sp³-hybridized carbons (Fsp3) is 0.188. The van der Waals surface area contributed by atoms with Crippen molar-refractivity contribution in [3.05, 3.63) is 52.5 Å². The van der Waals surface area contributed by atoms with Crippen LogP contribution in [0.25, 0.3) is 0 Å². The number of para-hydroxylation sites is 1. The Labute approximate surface area is 160 Å². The van der Waals surface area contributed by atoms with E-state index < -0.39 is 26.0 Å². The monoisotopic (exact) mass is 458 g/mol. The number of amides is 1. The van der Waals surface area contributed by atoms with Crippen LogP contribution in [0.4, 0.5) is 11.4 Å². The van der Waals surface area contributed by atoms with Gasteiger partial charge < -0.3 is 0 Å². The van der Waals surface area contributed by atoms with Crippen LogP contribution in [0.2, 0.25) is 0 Å². The molecule has 0 atom stereocenters. The quantitative estimate of drug-likeness (QED) is 0.758. The molecule has 1 fully saturated rings. The molecule has 0 unspecified atom stereocenters. The Morgan fingerprint density at radius 1 is 1.15 bits per heavy atom. The zero-order valence-electron chi connectivity index (χ0n) is 13.6. The molecule has 0 saturated carbocycles. The summed E-state index contributed by atoms with van der Waals surface area (Å²) in [6.45, 7) is 1.55. The molecular formula is C16H15BrN2O5S2. The van der Waals surface area contributed by atoms with Gasteiger partial charge >= 0.3 is 0 Å². The number of anilines is 2. The summed E-state index contributed by atoms with van der Waals surface area (Å²) in [7, 11) is -7.58. The van der Waals surface area contributed by atoms with E-state index in [1.54, 1.807) is 31.2 Å². The Balaban J connectivity index is 1.97. The van der Waals surface area contributed by atoms with Crippen molar-refractivity contribution in [2.24, 2.45) is 0 Å². The summed E-state index contributed by atoms with van der Waals surface area (Å²) in [5.41, 5.74) is 0.857. The number of carbonyl (C=O) groups excluding carboxylic acids is 1. The van der Waals surface area contributed by atoms with Gasteiger partial charge in [-0.15, -0.1) is 0 Å². The number of sulfonamides is 2. The molecule has 1 aliphatic rings. The van der Waals surface area contributed by atoms with Crippen molar-refractivity contribution in [3.8, 4) is 0 Å². The van der Waals surface area contributed by atoms with Crippen molar-refractivity contribution in [2.45, 2.75) is 18.2 Å². The van der Waals surface area contributed by atoms with Gasteiger partial charge in [-0.2, -0.15) is 0 Å². The number of rotatable bonds is 4. The van der Waals surface area contributed by atoms with Gasteiger partial charge in [0.2, 0.25) is 15.9 Å². The summed E-state index contributed by atoms with van der Waals surface area (Å²) in [6, 6.07) is 10.8. The van der Waals surface area contributed by atoms with E-state index in [0.29, 0.717) is 15.7 Å². The molecule has 2 aromatic carbocycles. The average molecular weight is 459 g/mol. The van der Waals surface area contributed by atoms with Crippen LogP contribution in [0.5, 0.6) is 0 Å². The molecule has 1 N–H and O–H groups in total. The van der Waals surface area contributed by atoms with Crippen molar-refractivity contribution >= 4 is 53.3 Å². The number of carbonyl (C=O) groups is 1. The van der Waals surface area contributed by atoms with Crippen LogP contribution in [-0.2, 0) is 24.8 Å². The average Bonchev–Trinajstić information content (AvgIpc) is 2.82. The minimum absolute atomic E-state index is 0.000969. The minimum atomic E-state index is -3.88. The van der Waals surface area contributed by atoms with E-state index in [1.807, 2.05) is 0 Å². The largest absolute Gasteiger partial charge is 0.278 e. The van der Waals surface area contributed by atoms with Crippen LogP contribution in [0.15, 0.2) is 51.8 Å². The van der Waals surface area contributed by atoms with Crippen LogP contribution < -0.4 is 9.03 Å². The molecule has 1 heterocycles. The lowest BCUT2D eigenvalue weighted by Gasteiger charge is -2.17. The normalized spacial score (nSPS) is 16.7. The number of hydrogen-bond acceptors (Lipinski definition) is 5. The van der Waals surface area contributed by atoms with Crippen molar-refractivity contribution in [1.29, 1.82) is 0 Å². The highest BCUT2D eigenvalue weighted by Crippen LogP contribution is 2.30. The zero-order chi connectivity index (χ0) is 19.1. The Morgan fingerprint density at radius 3 is 2.42 bits per heavy atom. The first-order valence-corrected chi connectivity index (χ1v) is 11.4. The molecule has 0 aromatic heterocycles. The Morgan fingerprint density at radius 2 is 1.85 bits per heavy atom. The van der Waals surface area contributed by atoms with Gasteiger partial charge in [-0.1, -0.05) is 12.1 Å². The van der Waals surface area contributed by atoms with Crippen molar-refractivity contribution < 1.29 is 21.6 Å². The molecule has 1 aliphatic heterocycles. The van der Waals surface area contributed by atoms with Crippen molar-refractivity contribution in [1.82, 2.24) is 0 Å². The van der Waals surface area contributed by atoms with E-state index in [-0.39, 0.29) is 22.8 Å². The number of nitrogens with one attached hydrogen (secondary N) is 1. The third kappa shape index (κ3) is 3.49. The van der Waals surface area contributed by atoms with E-state index >= 15 is 0 Å². The fourth-order valence-electron chi connectivity index (χ4n) is 2.67. The Hall–Kier alpha value is -1.91. The maximum atomic E-state index is 12.7. The Bertz CT molecular complexity index is 1100. The summed E-state index contributed by atoms with van der Waals surface area (Å²) in [5.74, 6) is -0.763. The molecular weight excluding hydrogens is 444 g/mol. The van der Waals surface area contributed by atoms with E-state index in [9.17, 15) is 21.6 Å². The second-order valence-corrected chi connectivity index (χ2v) is 10.2.